The molecule has 0 saturated heterocycles. The molecule has 4 aromatic rings. The maximum absolute atomic E-state index is 12.5. The highest BCUT2D eigenvalue weighted by Gasteiger charge is 2.16. The molecule has 0 fully saturated rings. The fourth-order valence-electron chi connectivity index (χ4n) is 2.99. The Kier molecular flexibility index (Phi) is 3.27. The van der Waals surface area contributed by atoms with Crippen molar-refractivity contribution in [3.63, 3.8) is 0 Å². The zero-order valence-corrected chi connectivity index (χ0v) is 13.4. The van der Waals surface area contributed by atoms with Crippen LogP contribution in [0.25, 0.3) is 28.0 Å². The first-order chi connectivity index (χ1) is 11.6. The first kappa shape index (κ1) is 14.4. The van der Waals surface area contributed by atoms with Crippen molar-refractivity contribution in [3.8, 4) is 22.4 Å². The average molecular weight is 318 g/mol. The Balaban J connectivity index is 0.00000182. The van der Waals surface area contributed by atoms with Crippen molar-refractivity contribution < 1.29 is 1.43 Å². The second-order valence-corrected chi connectivity index (χ2v) is 5.81. The van der Waals surface area contributed by atoms with Gasteiger partial charge in [-0.15, -0.1) is 0 Å². The number of H-pyrrole nitrogens is 1. The van der Waals surface area contributed by atoms with Crippen LogP contribution >= 0.6 is 0 Å². The summed E-state index contributed by atoms with van der Waals surface area (Å²) in [6.45, 7) is 4.01. The molecule has 4 rings (SSSR count). The molecule has 0 unspecified atom stereocenters. The van der Waals surface area contributed by atoms with Crippen LogP contribution in [-0.2, 0) is 0 Å². The molecule has 5 nitrogen and oxygen atoms in total. The van der Waals surface area contributed by atoms with Gasteiger partial charge in [-0.3, -0.25) is 14.9 Å². The van der Waals surface area contributed by atoms with E-state index < -0.39 is 0 Å². The summed E-state index contributed by atoms with van der Waals surface area (Å²) in [5.41, 5.74) is 6.03. The summed E-state index contributed by atoms with van der Waals surface area (Å²) in [5.74, 6) is 0. The summed E-state index contributed by atoms with van der Waals surface area (Å²) in [5, 5.41) is 3.13. The highest BCUT2D eigenvalue weighted by Crippen LogP contribution is 2.30. The molecule has 0 radical (unpaired) electrons. The number of aromatic amines is 1. The summed E-state index contributed by atoms with van der Waals surface area (Å²) in [6.07, 6.45) is 3.42. The van der Waals surface area contributed by atoms with Crippen molar-refractivity contribution in [2.24, 2.45) is 0 Å². The van der Waals surface area contributed by atoms with Gasteiger partial charge in [0.05, 0.1) is 5.69 Å². The van der Waals surface area contributed by atoms with Crippen molar-refractivity contribution in [1.82, 2.24) is 19.6 Å². The molecule has 1 N–H and O–H groups in total. The zero-order chi connectivity index (χ0) is 16.7. The van der Waals surface area contributed by atoms with Gasteiger partial charge in [0.15, 0.2) is 5.65 Å². The minimum Gasteiger partial charge on any atom is -0.293 e. The van der Waals surface area contributed by atoms with E-state index in [4.69, 9.17) is 4.98 Å². The normalized spacial score (nSPS) is 11.1. The van der Waals surface area contributed by atoms with Gasteiger partial charge in [-0.25, -0.2) is 9.50 Å². The predicted molar refractivity (Wildman–Crippen MR) is 96.1 cm³/mol. The fraction of sp³-hybridized carbons (Fsp3) is 0.105. The molecule has 5 heteroatoms. The zero-order valence-electron chi connectivity index (χ0n) is 13.4. The highest BCUT2D eigenvalue weighted by molar-refractivity contribution is 5.82. The summed E-state index contributed by atoms with van der Waals surface area (Å²) in [6, 6.07) is 13.4. The van der Waals surface area contributed by atoms with Gasteiger partial charge in [-0.2, -0.15) is 0 Å². The lowest BCUT2D eigenvalue weighted by molar-refractivity contribution is 0.882. The second-order valence-electron chi connectivity index (χ2n) is 5.81. The Bertz CT molecular complexity index is 1100. The van der Waals surface area contributed by atoms with Crippen molar-refractivity contribution in [3.05, 3.63) is 76.5 Å². The van der Waals surface area contributed by atoms with Gasteiger partial charge in [-0.1, -0.05) is 24.3 Å². The molecule has 0 aliphatic carbocycles. The van der Waals surface area contributed by atoms with Gasteiger partial charge in [0.1, 0.15) is 0 Å². The van der Waals surface area contributed by atoms with E-state index in [1.54, 1.807) is 12.4 Å². The standard InChI is InChI=1S/C19H16N4O.H2/c1-12-6-3-4-8-15(12)18-13(2)22-23-17(24)10-16(21-19(18)23)14-7-5-9-20-11-14;/h3-11,22H,1-2H3;1H. The first-order valence-electron chi connectivity index (χ1n) is 7.74. The monoisotopic (exact) mass is 318 g/mol. The largest absolute Gasteiger partial charge is 0.293 e. The van der Waals surface area contributed by atoms with Gasteiger partial charge >= 0.3 is 0 Å². The molecule has 120 valence electrons. The van der Waals surface area contributed by atoms with Crippen LogP contribution in [0, 0.1) is 13.8 Å². The molecular formula is C19H18N4O. The highest BCUT2D eigenvalue weighted by atomic mass is 16.1. The maximum atomic E-state index is 12.5. The van der Waals surface area contributed by atoms with E-state index in [0.29, 0.717) is 11.3 Å². The van der Waals surface area contributed by atoms with Gasteiger partial charge in [-0.05, 0) is 37.1 Å². The van der Waals surface area contributed by atoms with E-state index >= 15 is 0 Å². The number of rotatable bonds is 2. The first-order valence-corrected chi connectivity index (χ1v) is 7.74. The molecule has 0 aliphatic heterocycles. The molecule has 3 aromatic heterocycles. The van der Waals surface area contributed by atoms with Gasteiger partial charge < -0.3 is 0 Å². The van der Waals surface area contributed by atoms with Gasteiger partial charge in [0.25, 0.3) is 5.56 Å². The molecule has 0 aliphatic rings. The molecule has 0 spiro atoms. The number of fused-ring (bicyclic) bond motifs is 1. The lowest BCUT2D eigenvalue weighted by Crippen LogP contribution is -2.14. The Hall–Kier alpha value is -3.21. The molecule has 3 heterocycles. The third-order valence-corrected chi connectivity index (χ3v) is 4.17. The maximum Gasteiger partial charge on any atom is 0.273 e. The fourth-order valence-corrected chi connectivity index (χ4v) is 2.99. The second kappa shape index (κ2) is 5.45. The summed E-state index contributed by atoms with van der Waals surface area (Å²) < 4.78 is 1.50. The summed E-state index contributed by atoms with van der Waals surface area (Å²) in [4.78, 5) is 21.4. The number of pyridine rings is 1. The van der Waals surface area contributed by atoms with Crippen molar-refractivity contribution >= 4 is 5.65 Å². The van der Waals surface area contributed by atoms with E-state index in [0.717, 1.165) is 27.9 Å². The lowest BCUT2D eigenvalue weighted by atomic mass is 10.0. The molecule has 1 aromatic carbocycles. The number of aromatic nitrogens is 4. The van der Waals surface area contributed by atoms with Crippen LogP contribution in [-0.4, -0.2) is 19.6 Å². The molecule has 0 bridgehead atoms. The quantitative estimate of drug-likeness (QED) is 0.614. The minimum absolute atomic E-state index is 0. The lowest BCUT2D eigenvalue weighted by Gasteiger charge is -2.06. The number of benzene rings is 1. The number of nitrogens with zero attached hydrogens (tertiary/aromatic N) is 3. The van der Waals surface area contributed by atoms with Crippen LogP contribution in [0.4, 0.5) is 0 Å². The van der Waals surface area contributed by atoms with E-state index in [-0.39, 0.29) is 6.99 Å². The third kappa shape index (κ3) is 2.22. The van der Waals surface area contributed by atoms with Gasteiger partial charge in [0, 0.05) is 36.7 Å². The Labute approximate surface area is 140 Å². The Morgan fingerprint density at radius 2 is 1.96 bits per heavy atom. The van der Waals surface area contributed by atoms with E-state index in [1.807, 2.05) is 31.2 Å². The van der Waals surface area contributed by atoms with E-state index in [9.17, 15) is 4.79 Å². The number of hydrogen-bond donors (Lipinski definition) is 1. The van der Waals surface area contributed by atoms with E-state index in [2.05, 4.69) is 29.1 Å². The van der Waals surface area contributed by atoms with Gasteiger partial charge in [0.2, 0.25) is 0 Å². The van der Waals surface area contributed by atoms with Crippen molar-refractivity contribution in [2.75, 3.05) is 0 Å². The summed E-state index contributed by atoms with van der Waals surface area (Å²) in [7, 11) is 0. The van der Waals surface area contributed by atoms with Crippen LogP contribution in [0.5, 0.6) is 0 Å². The number of nitrogens with one attached hydrogen (secondary N) is 1. The van der Waals surface area contributed by atoms with Crippen LogP contribution in [0.1, 0.15) is 12.7 Å². The average Bonchev–Trinajstić information content (AvgIpc) is 2.93. The Morgan fingerprint density at radius 1 is 1.12 bits per heavy atom. The topological polar surface area (TPSA) is 63.0 Å². The molecule has 24 heavy (non-hydrogen) atoms. The summed E-state index contributed by atoms with van der Waals surface area (Å²) >= 11 is 0. The van der Waals surface area contributed by atoms with Crippen LogP contribution in [0.2, 0.25) is 0 Å². The Morgan fingerprint density at radius 3 is 2.71 bits per heavy atom. The number of aryl methyl sites for hydroxylation is 2. The van der Waals surface area contributed by atoms with Crippen molar-refractivity contribution in [1.29, 1.82) is 0 Å². The molecule has 0 amide bonds. The predicted octanol–water partition coefficient (Wildman–Crippen LogP) is 3.61. The molecule has 0 atom stereocenters. The van der Waals surface area contributed by atoms with Crippen LogP contribution in [0.3, 0.4) is 0 Å². The van der Waals surface area contributed by atoms with Crippen LogP contribution in [0.15, 0.2) is 59.7 Å². The minimum atomic E-state index is -0.137. The molecular weight excluding hydrogens is 300 g/mol. The van der Waals surface area contributed by atoms with E-state index in [1.165, 1.54) is 10.6 Å². The SMILES string of the molecule is Cc1ccccc1-c1c(C)[nH]n2c(=O)cc(-c3cccnc3)nc12.[HH]. The van der Waals surface area contributed by atoms with Crippen LogP contribution < -0.4 is 5.56 Å². The van der Waals surface area contributed by atoms with Crippen molar-refractivity contribution in [2.45, 2.75) is 13.8 Å². The third-order valence-electron chi connectivity index (χ3n) is 4.17. The molecule has 0 saturated carbocycles. The smallest absolute Gasteiger partial charge is 0.273 e. The number of hydrogen-bond acceptors (Lipinski definition) is 3.